The van der Waals surface area contributed by atoms with E-state index >= 15 is 0 Å². The lowest BCUT2D eigenvalue weighted by molar-refractivity contribution is 1.25. The van der Waals surface area contributed by atoms with E-state index in [2.05, 4.69) is 9.97 Å². The Hall–Kier alpha value is -2.36. The monoisotopic (exact) mass is 210 g/mol. The number of rotatable bonds is 0. The summed E-state index contributed by atoms with van der Waals surface area (Å²) in [5, 5.41) is 3.04. The molecule has 4 nitrogen and oxygen atoms in total. The molecule has 0 aliphatic carbocycles. The highest BCUT2D eigenvalue weighted by molar-refractivity contribution is 6.10. The molecule has 4 heteroatoms. The zero-order valence-corrected chi connectivity index (χ0v) is 8.51. The van der Waals surface area contributed by atoms with Crippen molar-refractivity contribution in [2.75, 3.05) is 11.5 Å². The molecule has 2 aromatic carbocycles. The summed E-state index contributed by atoms with van der Waals surface area (Å²) in [6.45, 7) is 0. The number of hydrogen-bond acceptors (Lipinski definition) is 4. The Kier molecular flexibility index (Phi) is 1.71. The molecule has 0 saturated carbocycles. The summed E-state index contributed by atoms with van der Waals surface area (Å²) < 4.78 is 0. The average Bonchev–Trinajstić information content (AvgIpc) is 2.28. The molecule has 1 aromatic heterocycles. The van der Waals surface area contributed by atoms with Gasteiger partial charge in [0.2, 0.25) is 5.95 Å². The molecular formula is C12H10N4. The van der Waals surface area contributed by atoms with E-state index in [9.17, 15) is 0 Å². The van der Waals surface area contributed by atoms with E-state index in [-0.39, 0.29) is 5.95 Å². The molecule has 0 fully saturated rings. The van der Waals surface area contributed by atoms with E-state index in [1.165, 1.54) is 0 Å². The van der Waals surface area contributed by atoms with Gasteiger partial charge < -0.3 is 11.5 Å². The van der Waals surface area contributed by atoms with Crippen LogP contribution in [-0.4, -0.2) is 9.97 Å². The van der Waals surface area contributed by atoms with Gasteiger partial charge >= 0.3 is 0 Å². The second kappa shape index (κ2) is 3.06. The number of hydrogen-bond donors (Lipinski definition) is 2. The minimum absolute atomic E-state index is 0.209. The first-order valence-electron chi connectivity index (χ1n) is 4.96. The zero-order chi connectivity index (χ0) is 11.1. The molecule has 16 heavy (non-hydrogen) atoms. The van der Waals surface area contributed by atoms with Crippen LogP contribution in [0.15, 0.2) is 36.4 Å². The maximum atomic E-state index is 5.89. The van der Waals surface area contributed by atoms with Crippen LogP contribution in [0.5, 0.6) is 0 Å². The fourth-order valence-electron chi connectivity index (χ4n) is 1.95. The van der Waals surface area contributed by atoms with Crippen molar-refractivity contribution in [2.24, 2.45) is 0 Å². The summed E-state index contributed by atoms with van der Waals surface area (Å²) in [6.07, 6.45) is 0. The van der Waals surface area contributed by atoms with Gasteiger partial charge in [-0.05, 0) is 16.8 Å². The summed E-state index contributed by atoms with van der Waals surface area (Å²) in [6, 6.07) is 11.9. The summed E-state index contributed by atoms with van der Waals surface area (Å²) in [5.41, 5.74) is 12.2. The van der Waals surface area contributed by atoms with Gasteiger partial charge in [-0.3, -0.25) is 0 Å². The Morgan fingerprint density at radius 1 is 0.875 bits per heavy atom. The summed E-state index contributed by atoms with van der Waals surface area (Å²) in [5.74, 6) is 0.639. The molecule has 3 rings (SSSR count). The van der Waals surface area contributed by atoms with Crippen molar-refractivity contribution in [2.45, 2.75) is 0 Å². The van der Waals surface area contributed by atoms with Crippen LogP contribution in [0.2, 0.25) is 0 Å². The van der Waals surface area contributed by atoms with Crippen molar-refractivity contribution in [1.82, 2.24) is 9.97 Å². The molecule has 78 valence electrons. The molecule has 0 radical (unpaired) electrons. The topological polar surface area (TPSA) is 77.8 Å². The molecule has 3 aromatic rings. The largest absolute Gasteiger partial charge is 0.383 e. The van der Waals surface area contributed by atoms with E-state index in [0.29, 0.717) is 5.82 Å². The standard InChI is InChI=1S/C12H10N4/c13-11-10-8-4-2-1-3-7(8)5-6-9(10)15-12(14)16-11/h1-6H,(H4,13,14,15,16). The maximum Gasteiger partial charge on any atom is 0.222 e. The van der Waals surface area contributed by atoms with Crippen molar-refractivity contribution in [1.29, 1.82) is 0 Å². The van der Waals surface area contributed by atoms with Crippen LogP contribution in [0.4, 0.5) is 11.8 Å². The minimum Gasteiger partial charge on any atom is -0.383 e. The van der Waals surface area contributed by atoms with Crippen molar-refractivity contribution in [3.8, 4) is 0 Å². The van der Waals surface area contributed by atoms with Gasteiger partial charge in [-0.15, -0.1) is 0 Å². The van der Waals surface area contributed by atoms with Gasteiger partial charge in [0, 0.05) is 0 Å². The maximum absolute atomic E-state index is 5.89. The second-order valence-corrected chi connectivity index (χ2v) is 3.65. The summed E-state index contributed by atoms with van der Waals surface area (Å²) >= 11 is 0. The third kappa shape index (κ3) is 1.16. The molecule has 0 unspecified atom stereocenters. The normalized spacial score (nSPS) is 11.0. The number of nitrogen functional groups attached to an aromatic ring is 2. The molecule has 4 N–H and O–H groups in total. The highest BCUT2D eigenvalue weighted by Gasteiger charge is 2.06. The van der Waals surface area contributed by atoms with Crippen molar-refractivity contribution in [3.63, 3.8) is 0 Å². The van der Waals surface area contributed by atoms with Crippen LogP contribution in [-0.2, 0) is 0 Å². The Labute approximate surface area is 91.9 Å². The van der Waals surface area contributed by atoms with E-state index in [0.717, 1.165) is 21.7 Å². The Morgan fingerprint density at radius 2 is 1.69 bits per heavy atom. The zero-order valence-electron chi connectivity index (χ0n) is 8.51. The predicted octanol–water partition coefficient (Wildman–Crippen LogP) is 1.95. The van der Waals surface area contributed by atoms with Crippen LogP contribution in [0.3, 0.4) is 0 Å². The van der Waals surface area contributed by atoms with Gasteiger partial charge in [-0.2, -0.15) is 4.98 Å². The highest BCUT2D eigenvalue weighted by Crippen LogP contribution is 2.27. The van der Waals surface area contributed by atoms with Crippen LogP contribution in [0, 0.1) is 0 Å². The minimum atomic E-state index is 0.209. The smallest absolute Gasteiger partial charge is 0.222 e. The summed E-state index contributed by atoms with van der Waals surface area (Å²) in [4.78, 5) is 8.17. The van der Waals surface area contributed by atoms with Gasteiger partial charge in [0.05, 0.1) is 10.9 Å². The van der Waals surface area contributed by atoms with Crippen molar-refractivity contribution in [3.05, 3.63) is 36.4 Å². The van der Waals surface area contributed by atoms with Gasteiger partial charge in [0.15, 0.2) is 0 Å². The number of nitrogens with two attached hydrogens (primary N) is 2. The number of anilines is 2. The quantitative estimate of drug-likeness (QED) is 0.556. The Balaban J connectivity index is 2.60. The Morgan fingerprint density at radius 3 is 2.56 bits per heavy atom. The van der Waals surface area contributed by atoms with E-state index in [1.807, 2.05) is 36.4 Å². The molecule has 0 atom stereocenters. The lowest BCUT2D eigenvalue weighted by Gasteiger charge is -2.05. The lowest BCUT2D eigenvalue weighted by Crippen LogP contribution is -2.00. The number of benzene rings is 2. The molecule has 0 saturated heterocycles. The van der Waals surface area contributed by atoms with E-state index < -0.39 is 0 Å². The molecule has 0 aliphatic rings. The number of aromatic nitrogens is 2. The Bertz CT molecular complexity index is 691. The third-order valence-electron chi connectivity index (χ3n) is 2.63. The van der Waals surface area contributed by atoms with Crippen molar-refractivity contribution >= 4 is 33.4 Å². The molecule has 0 bridgehead atoms. The average molecular weight is 210 g/mol. The molecule has 0 spiro atoms. The fourth-order valence-corrected chi connectivity index (χ4v) is 1.95. The van der Waals surface area contributed by atoms with Gasteiger partial charge in [0.25, 0.3) is 0 Å². The van der Waals surface area contributed by atoms with E-state index in [1.54, 1.807) is 0 Å². The third-order valence-corrected chi connectivity index (χ3v) is 2.63. The number of nitrogens with zero attached hydrogens (tertiary/aromatic N) is 2. The molecule has 1 heterocycles. The molecule has 0 aliphatic heterocycles. The van der Waals surface area contributed by atoms with Gasteiger partial charge in [0.1, 0.15) is 5.82 Å². The second-order valence-electron chi connectivity index (χ2n) is 3.65. The first kappa shape index (κ1) is 8.91. The van der Waals surface area contributed by atoms with Crippen LogP contribution in [0.25, 0.3) is 21.7 Å². The molecular weight excluding hydrogens is 200 g/mol. The first-order valence-corrected chi connectivity index (χ1v) is 4.96. The SMILES string of the molecule is Nc1nc(N)c2c(ccc3ccccc32)n1. The van der Waals surface area contributed by atoms with Gasteiger partial charge in [-0.1, -0.05) is 30.3 Å². The van der Waals surface area contributed by atoms with E-state index in [4.69, 9.17) is 11.5 Å². The first-order chi connectivity index (χ1) is 7.75. The van der Waals surface area contributed by atoms with Crippen LogP contribution >= 0.6 is 0 Å². The highest BCUT2D eigenvalue weighted by atomic mass is 15.0. The van der Waals surface area contributed by atoms with Crippen LogP contribution in [0.1, 0.15) is 0 Å². The lowest BCUT2D eigenvalue weighted by atomic mass is 10.1. The number of fused-ring (bicyclic) bond motifs is 3. The molecule has 0 amide bonds. The van der Waals surface area contributed by atoms with Crippen molar-refractivity contribution < 1.29 is 0 Å². The van der Waals surface area contributed by atoms with Gasteiger partial charge in [-0.25, -0.2) is 4.98 Å². The summed E-state index contributed by atoms with van der Waals surface area (Å²) in [7, 11) is 0. The fraction of sp³-hybridized carbons (Fsp3) is 0. The predicted molar refractivity (Wildman–Crippen MR) is 65.9 cm³/mol. The van der Waals surface area contributed by atoms with Crippen LogP contribution < -0.4 is 11.5 Å².